The van der Waals surface area contributed by atoms with Gasteiger partial charge in [-0.05, 0) is 24.3 Å². The van der Waals surface area contributed by atoms with Crippen LogP contribution in [0.4, 0.5) is 17.3 Å². The van der Waals surface area contributed by atoms with E-state index in [0.29, 0.717) is 30.9 Å². The Labute approximate surface area is 178 Å². The average molecular weight is 415 g/mol. The number of benzene rings is 1. The number of hydrogen-bond donors (Lipinski definition) is 2. The van der Waals surface area contributed by atoms with E-state index >= 15 is 0 Å². The van der Waals surface area contributed by atoms with Gasteiger partial charge < -0.3 is 19.9 Å². The first-order valence-electron chi connectivity index (χ1n) is 9.85. The number of rotatable bonds is 6. The van der Waals surface area contributed by atoms with Crippen LogP contribution in [0, 0.1) is 0 Å². The highest BCUT2D eigenvalue weighted by molar-refractivity contribution is 6.02. The molecule has 31 heavy (non-hydrogen) atoms. The highest BCUT2D eigenvalue weighted by atomic mass is 16.5. The Kier molecular flexibility index (Phi) is 4.72. The lowest BCUT2D eigenvalue weighted by Crippen LogP contribution is -2.30. The standard InChI is InChI=1S/C22H21N7O2/c1-3-21(30)25-14-4-5-17-18(11-28(2)20(17)8-14)19-6-7-23-22(27-19)26-15-9-24-29(10-15)16-12-31-13-16/h3-11,16H,1,12-13H2,2H3,(H,25,30)(H,23,26,27). The Morgan fingerprint density at radius 3 is 2.90 bits per heavy atom. The van der Waals surface area contributed by atoms with Gasteiger partial charge in [0.2, 0.25) is 11.9 Å². The summed E-state index contributed by atoms with van der Waals surface area (Å²) in [5.74, 6) is 0.252. The van der Waals surface area contributed by atoms with Gasteiger partial charge in [-0.15, -0.1) is 0 Å². The first-order chi connectivity index (χ1) is 15.1. The third-order valence-corrected chi connectivity index (χ3v) is 5.23. The minimum atomic E-state index is -0.242. The summed E-state index contributed by atoms with van der Waals surface area (Å²) in [5, 5.41) is 11.4. The fourth-order valence-corrected chi connectivity index (χ4v) is 3.54. The zero-order valence-corrected chi connectivity index (χ0v) is 16.9. The molecular formula is C22H21N7O2. The Balaban J connectivity index is 1.43. The van der Waals surface area contributed by atoms with Crippen molar-refractivity contribution in [1.82, 2.24) is 24.3 Å². The fourth-order valence-electron chi connectivity index (χ4n) is 3.54. The first-order valence-corrected chi connectivity index (χ1v) is 9.85. The maximum absolute atomic E-state index is 11.6. The van der Waals surface area contributed by atoms with Crippen molar-refractivity contribution < 1.29 is 9.53 Å². The number of amides is 1. The highest BCUT2D eigenvalue weighted by Gasteiger charge is 2.21. The second-order valence-corrected chi connectivity index (χ2v) is 7.37. The molecule has 1 aliphatic heterocycles. The molecule has 1 fully saturated rings. The zero-order valence-electron chi connectivity index (χ0n) is 16.9. The zero-order chi connectivity index (χ0) is 21.4. The summed E-state index contributed by atoms with van der Waals surface area (Å²) >= 11 is 0. The predicted octanol–water partition coefficient (Wildman–Crippen LogP) is 3.27. The molecule has 4 aromatic rings. The molecule has 156 valence electrons. The third-order valence-electron chi connectivity index (χ3n) is 5.23. The molecule has 3 aromatic heterocycles. The van der Waals surface area contributed by atoms with E-state index in [4.69, 9.17) is 9.72 Å². The van der Waals surface area contributed by atoms with E-state index < -0.39 is 0 Å². The van der Waals surface area contributed by atoms with Crippen LogP contribution in [-0.2, 0) is 16.6 Å². The van der Waals surface area contributed by atoms with Crippen molar-refractivity contribution in [3.63, 3.8) is 0 Å². The number of aryl methyl sites for hydroxylation is 1. The smallest absolute Gasteiger partial charge is 0.247 e. The molecule has 5 rings (SSSR count). The van der Waals surface area contributed by atoms with Gasteiger partial charge in [-0.25, -0.2) is 9.97 Å². The molecule has 0 bridgehead atoms. The van der Waals surface area contributed by atoms with Crippen molar-refractivity contribution in [2.24, 2.45) is 7.05 Å². The molecule has 0 spiro atoms. The molecule has 0 unspecified atom stereocenters. The minimum Gasteiger partial charge on any atom is -0.377 e. The van der Waals surface area contributed by atoms with Gasteiger partial charge in [-0.3, -0.25) is 9.48 Å². The molecule has 1 aromatic carbocycles. The van der Waals surface area contributed by atoms with Gasteiger partial charge >= 0.3 is 0 Å². The monoisotopic (exact) mass is 415 g/mol. The van der Waals surface area contributed by atoms with Crippen LogP contribution < -0.4 is 10.6 Å². The lowest BCUT2D eigenvalue weighted by atomic mass is 10.1. The molecule has 1 amide bonds. The SMILES string of the molecule is C=CC(=O)Nc1ccc2c(-c3ccnc(Nc4cnn(C5COC5)c4)n3)cn(C)c2c1. The first kappa shape index (κ1) is 19.0. The summed E-state index contributed by atoms with van der Waals surface area (Å²) in [6.07, 6.45) is 8.68. The van der Waals surface area contributed by atoms with E-state index in [-0.39, 0.29) is 5.91 Å². The van der Waals surface area contributed by atoms with Gasteiger partial charge in [0.25, 0.3) is 0 Å². The van der Waals surface area contributed by atoms with Crippen LogP contribution in [-0.4, -0.2) is 43.4 Å². The largest absolute Gasteiger partial charge is 0.377 e. The summed E-state index contributed by atoms with van der Waals surface area (Å²) < 4.78 is 9.12. The molecule has 9 nitrogen and oxygen atoms in total. The quantitative estimate of drug-likeness (QED) is 0.469. The second kappa shape index (κ2) is 7.69. The fraction of sp³-hybridized carbons (Fsp3) is 0.182. The van der Waals surface area contributed by atoms with E-state index in [1.165, 1.54) is 6.08 Å². The van der Waals surface area contributed by atoms with Gasteiger partial charge in [0.1, 0.15) is 0 Å². The van der Waals surface area contributed by atoms with Gasteiger partial charge in [-0.1, -0.05) is 12.6 Å². The number of nitrogens with zero attached hydrogens (tertiary/aromatic N) is 5. The molecule has 0 saturated carbocycles. The van der Waals surface area contributed by atoms with Gasteiger partial charge in [0, 0.05) is 42.3 Å². The molecule has 1 aliphatic rings. The molecule has 0 radical (unpaired) electrons. The summed E-state index contributed by atoms with van der Waals surface area (Å²) in [5.41, 5.74) is 4.29. The van der Waals surface area contributed by atoms with Crippen LogP contribution in [0.15, 0.2) is 61.7 Å². The Bertz CT molecular complexity index is 1290. The van der Waals surface area contributed by atoms with Gasteiger partial charge in [-0.2, -0.15) is 5.10 Å². The van der Waals surface area contributed by atoms with Crippen molar-refractivity contribution in [2.75, 3.05) is 23.8 Å². The Morgan fingerprint density at radius 2 is 2.13 bits per heavy atom. The molecule has 0 aliphatic carbocycles. The number of hydrogen-bond acceptors (Lipinski definition) is 6. The summed E-state index contributed by atoms with van der Waals surface area (Å²) in [6, 6.07) is 7.94. The molecule has 9 heteroatoms. The topological polar surface area (TPSA) is 98.9 Å². The van der Waals surface area contributed by atoms with E-state index in [9.17, 15) is 4.79 Å². The van der Waals surface area contributed by atoms with Gasteiger partial charge in [0.05, 0.1) is 42.4 Å². The van der Waals surface area contributed by atoms with Crippen LogP contribution in [0.1, 0.15) is 6.04 Å². The number of ether oxygens (including phenoxy) is 1. The van der Waals surface area contributed by atoms with Crippen LogP contribution in [0.5, 0.6) is 0 Å². The second-order valence-electron chi connectivity index (χ2n) is 7.37. The molecule has 0 atom stereocenters. The number of nitrogens with one attached hydrogen (secondary N) is 2. The Hall–Kier alpha value is -3.98. The number of anilines is 3. The summed E-state index contributed by atoms with van der Waals surface area (Å²) in [6.45, 7) is 4.86. The van der Waals surface area contributed by atoms with E-state index in [0.717, 1.165) is 27.8 Å². The number of aromatic nitrogens is 5. The maximum atomic E-state index is 11.6. The number of carbonyl (C=O) groups excluding carboxylic acids is 1. The van der Waals surface area contributed by atoms with E-state index in [2.05, 4.69) is 27.3 Å². The number of carbonyl (C=O) groups is 1. The van der Waals surface area contributed by atoms with E-state index in [1.54, 1.807) is 12.4 Å². The maximum Gasteiger partial charge on any atom is 0.247 e. The molecule has 2 N–H and O–H groups in total. The van der Waals surface area contributed by atoms with Crippen molar-refractivity contribution in [3.05, 3.63) is 61.7 Å². The lowest BCUT2D eigenvalue weighted by Gasteiger charge is -2.25. The van der Waals surface area contributed by atoms with Crippen LogP contribution in [0.25, 0.3) is 22.2 Å². The van der Waals surface area contributed by atoms with Crippen molar-refractivity contribution in [2.45, 2.75) is 6.04 Å². The predicted molar refractivity (Wildman–Crippen MR) is 118 cm³/mol. The minimum absolute atomic E-state index is 0.242. The van der Waals surface area contributed by atoms with Crippen LogP contribution in [0.3, 0.4) is 0 Å². The third kappa shape index (κ3) is 3.66. The normalized spacial score (nSPS) is 13.7. The van der Waals surface area contributed by atoms with E-state index in [1.807, 2.05) is 53.0 Å². The van der Waals surface area contributed by atoms with Crippen LogP contribution >= 0.6 is 0 Å². The van der Waals surface area contributed by atoms with Crippen molar-refractivity contribution in [1.29, 1.82) is 0 Å². The average Bonchev–Trinajstić information content (AvgIpc) is 3.31. The molecule has 4 heterocycles. The summed E-state index contributed by atoms with van der Waals surface area (Å²) in [4.78, 5) is 20.6. The Morgan fingerprint density at radius 1 is 1.26 bits per heavy atom. The van der Waals surface area contributed by atoms with Crippen molar-refractivity contribution >= 4 is 34.1 Å². The van der Waals surface area contributed by atoms with Gasteiger partial charge in [0.15, 0.2) is 0 Å². The highest BCUT2D eigenvalue weighted by Crippen LogP contribution is 2.31. The number of fused-ring (bicyclic) bond motifs is 1. The van der Waals surface area contributed by atoms with Crippen molar-refractivity contribution in [3.8, 4) is 11.3 Å². The van der Waals surface area contributed by atoms with Crippen LogP contribution in [0.2, 0.25) is 0 Å². The molecular weight excluding hydrogens is 394 g/mol. The lowest BCUT2D eigenvalue weighted by molar-refractivity contribution is -0.111. The summed E-state index contributed by atoms with van der Waals surface area (Å²) in [7, 11) is 1.96. The molecule has 1 saturated heterocycles.